The standard InChI is InChI=1S/C45H49NO13/c1-24-29(57-41(54)35(50)33(26-15-9-6-10-16-26)46-39(52)27-17-11-7-12-18-27)22-45(55)38(58-40(53)28-19-13-8-14-20-28)36-43(5,37(51)34(49)32(24)42(45,3)4)30(48)21-31-44(36,23-56-31)59-25(2)47/h6-20,29-31,33-36,38,48-50,55H,21-23H2,1-5H3,(H,46,52)/t29-,30-,31+,33-,34+,35+,36-,38-,43+,44-,45?/m0/s1. The second-order valence-corrected chi connectivity index (χ2v) is 16.8. The van der Waals surface area contributed by atoms with Crippen LogP contribution in [0.15, 0.2) is 102 Å². The lowest BCUT2D eigenvalue weighted by Gasteiger charge is -2.67. The van der Waals surface area contributed by atoms with Gasteiger partial charge in [-0.15, -0.1) is 0 Å². The Morgan fingerprint density at radius 3 is 2.00 bits per heavy atom. The zero-order valence-electron chi connectivity index (χ0n) is 33.4. The van der Waals surface area contributed by atoms with Crippen molar-refractivity contribution in [3.63, 3.8) is 0 Å². The van der Waals surface area contributed by atoms with Crippen molar-refractivity contribution in [2.45, 2.75) is 101 Å². The molecule has 4 aliphatic rings. The Bertz CT molecular complexity index is 2160. The van der Waals surface area contributed by atoms with E-state index in [1.54, 1.807) is 92.7 Å². The molecular weight excluding hydrogens is 762 g/mol. The third-order valence-corrected chi connectivity index (χ3v) is 13.2. The molecule has 5 N–H and O–H groups in total. The predicted octanol–water partition coefficient (Wildman–Crippen LogP) is 3.16. The van der Waals surface area contributed by atoms with Crippen molar-refractivity contribution in [1.82, 2.24) is 5.32 Å². The number of ether oxygens (including phenoxy) is 4. The van der Waals surface area contributed by atoms with Crippen LogP contribution in [-0.2, 0) is 33.3 Å². The van der Waals surface area contributed by atoms with Crippen LogP contribution < -0.4 is 5.32 Å². The van der Waals surface area contributed by atoms with Crippen molar-refractivity contribution in [2.75, 3.05) is 6.61 Å². The number of hydrogen-bond donors (Lipinski definition) is 5. The van der Waals surface area contributed by atoms with Crippen LogP contribution in [0.5, 0.6) is 0 Å². The minimum Gasteiger partial charge on any atom is -0.456 e. The number of carbonyl (C=O) groups is 5. The summed E-state index contributed by atoms with van der Waals surface area (Å²) in [5.74, 6) is -5.89. The Labute approximate surface area is 341 Å². The molecule has 3 aliphatic carbocycles. The average Bonchev–Trinajstić information content (AvgIpc) is 3.21. The molecule has 7 rings (SSSR count). The third kappa shape index (κ3) is 6.76. The molecule has 2 saturated carbocycles. The van der Waals surface area contributed by atoms with Gasteiger partial charge in [0.05, 0.1) is 35.6 Å². The zero-order valence-corrected chi connectivity index (χ0v) is 33.4. The number of fused-ring (bicyclic) bond motifs is 5. The highest BCUT2D eigenvalue weighted by Crippen LogP contribution is 2.64. The summed E-state index contributed by atoms with van der Waals surface area (Å²) < 4.78 is 24.2. The maximum atomic E-state index is 15.0. The number of aliphatic hydroxyl groups excluding tert-OH is 3. The molecule has 1 unspecified atom stereocenters. The Balaban J connectivity index is 1.34. The molecule has 14 nitrogen and oxygen atoms in total. The smallest absolute Gasteiger partial charge is 0.338 e. The van der Waals surface area contributed by atoms with Crippen molar-refractivity contribution >= 4 is 29.6 Å². The molecule has 3 aromatic carbocycles. The van der Waals surface area contributed by atoms with Gasteiger partial charge in [0.2, 0.25) is 0 Å². The largest absolute Gasteiger partial charge is 0.456 e. The Kier molecular flexibility index (Phi) is 10.9. The number of hydrogen-bond acceptors (Lipinski definition) is 13. The van der Waals surface area contributed by atoms with Gasteiger partial charge in [0.25, 0.3) is 5.91 Å². The summed E-state index contributed by atoms with van der Waals surface area (Å²) in [7, 11) is 0. The summed E-state index contributed by atoms with van der Waals surface area (Å²) in [5, 5.41) is 51.9. The molecule has 11 atom stereocenters. The number of amides is 1. The maximum absolute atomic E-state index is 15.0. The topological polar surface area (TPSA) is 215 Å². The number of Topliss-reactive ketones (excluding diaryl/α,β-unsaturated/α-hetero) is 1. The molecule has 14 heteroatoms. The highest BCUT2D eigenvalue weighted by Gasteiger charge is 2.78. The Morgan fingerprint density at radius 2 is 1.44 bits per heavy atom. The fraction of sp³-hybridized carbons (Fsp3) is 0.444. The highest BCUT2D eigenvalue weighted by atomic mass is 16.6. The molecule has 0 spiro atoms. The molecule has 1 heterocycles. The van der Waals surface area contributed by atoms with E-state index in [9.17, 15) is 44.4 Å². The fourth-order valence-electron chi connectivity index (χ4n) is 9.94. The lowest BCUT2D eigenvalue weighted by atomic mass is 9.44. The Hall–Kier alpha value is -5.25. The molecule has 1 saturated heterocycles. The third-order valence-electron chi connectivity index (χ3n) is 13.2. The number of aliphatic hydroxyl groups is 4. The summed E-state index contributed by atoms with van der Waals surface area (Å²) in [6.45, 7) is 6.89. The van der Waals surface area contributed by atoms with Crippen LogP contribution in [0.2, 0.25) is 0 Å². The quantitative estimate of drug-likeness (QED) is 0.120. The molecule has 0 aromatic heterocycles. The summed E-state index contributed by atoms with van der Waals surface area (Å²) in [4.78, 5) is 69.5. The molecule has 1 aliphatic heterocycles. The first-order valence-electron chi connectivity index (χ1n) is 19.6. The van der Waals surface area contributed by atoms with Gasteiger partial charge in [-0.25, -0.2) is 9.59 Å². The maximum Gasteiger partial charge on any atom is 0.338 e. The van der Waals surface area contributed by atoms with Crippen molar-refractivity contribution < 1.29 is 63.3 Å². The highest BCUT2D eigenvalue weighted by molar-refractivity contribution is 5.95. The zero-order chi connectivity index (χ0) is 42.7. The molecular formula is C45H49NO13. The van der Waals surface area contributed by atoms with E-state index in [1.807, 2.05) is 0 Å². The summed E-state index contributed by atoms with van der Waals surface area (Å²) in [6, 6.07) is 23.1. The number of benzene rings is 3. The van der Waals surface area contributed by atoms with E-state index in [-0.39, 0.29) is 35.3 Å². The van der Waals surface area contributed by atoms with Gasteiger partial charge in [-0.1, -0.05) is 80.6 Å². The first kappa shape index (κ1) is 41.9. The van der Waals surface area contributed by atoms with Crippen LogP contribution in [0.1, 0.15) is 79.8 Å². The van der Waals surface area contributed by atoms with Crippen LogP contribution >= 0.6 is 0 Å². The normalized spacial score (nSPS) is 33.0. The van der Waals surface area contributed by atoms with Gasteiger partial charge in [-0.3, -0.25) is 14.4 Å². The van der Waals surface area contributed by atoms with Crippen LogP contribution in [0.25, 0.3) is 0 Å². The molecule has 0 radical (unpaired) electrons. The summed E-state index contributed by atoms with van der Waals surface area (Å²) in [5.41, 5.74) is -6.86. The van der Waals surface area contributed by atoms with Crippen molar-refractivity contribution in [3.05, 3.63) is 119 Å². The second kappa shape index (κ2) is 15.4. The molecule has 312 valence electrons. The van der Waals surface area contributed by atoms with Crippen LogP contribution in [-0.4, -0.2) is 104 Å². The van der Waals surface area contributed by atoms with Gasteiger partial charge in [-0.2, -0.15) is 0 Å². The lowest BCUT2D eigenvalue weighted by molar-refractivity contribution is -0.346. The number of nitrogens with one attached hydrogen (secondary N) is 1. The minimum atomic E-state index is -2.35. The van der Waals surface area contributed by atoms with Crippen LogP contribution in [0.3, 0.4) is 0 Å². The van der Waals surface area contributed by atoms with Crippen LogP contribution in [0, 0.1) is 16.7 Å². The van der Waals surface area contributed by atoms with Crippen molar-refractivity contribution in [3.8, 4) is 0 Å². The van der Waals surface area contributed by atoms with Gasteiger partial charge in [0.15, 0.2) is 17.5 Å². The molecule has 1 amide bonds. The van der Waals surface area contributed by atoms with Gasteiger partial charge < -0.3 is 44.7 Å². The lowest BCUT2D eigenvalue weighted by Crippen LogP contribution is -2.81. The van der Waals surface area contributed by atoms with E-state index in [0.717, 1.165) is 6.92 Å². The SMILES string of the molecule is CC(=O)O[C@@]12CO[C@@H]1C[C@H](O)[C@@]1(C)C(=O)[C@H](O)C3=C(C)[C@@H](OC(=O)[C@H](O)[C@@H](NC(=O)c4ccccc4)c4ccccc4)CC(O)([C@@H](OC(=O)c4ccccc4)[C@H]21)C3(C)C. The monoisotopic (exact) mass is 811 g/mol. The molecule has 3 fully saturated rings. The van der Waals surface area contributed by atoms with E-state index in [1.165, 1.54) is 26.0 Å². The minimum absolute atomic E-state index is 0.0540. The number of ketones is 1. The van der Waals surface area contributed by atoms with E-state index >= 15 is 0 Å². The fourth-order valence-corrected chi connectivity index (χ4v) is 9.94. The molecule has 3 aromatic rings. The second-order valence-electron chi connectivity index (χ2n) is 16.8. The number of carbonyl (C=O) groups excluding carboxylic acids is 5. The van der Waals surface area contributed by atoms with Crippen molar-refractivity contribution in [1.29, 1.82) is 0 Å². The number of esters is 3. The van der Waals surface area contributed by atoms with E-state index in [0.29, 0.717) is 5.56 Å². The van der Waals surface area contributed by atoms with Crippen molar-refractivity contribution in [2.24, 2.45) is 16.7 Å². The van der Waals surface area contributed by atoms with E-state index in [2.05, 4.69) is 5.32 Å². The summed E-state index contributed by atoms with van der Waals surface area (Å²) in [6.07, 6.45) is -10.5. The van der Waals surface area contributed by atoms with Gasteiger partial charge in [-0.05, 0) is 54.8 Å². The average molecular weight is 812 g/mol. The van der Waals surface area contributed by atoms with Crippen LogP contribution in [0.4, 0.5) is 0 Å². The molecule has 59 heavy (non-hydrogen) atoms. The summed E-state index contributed by atoms with van der Waals surface area (Å²) >= 11 is 0. The van der Waals surface area contributed by atoms with Gasteiger partial charge in [0.1, 0.15) is 30.0 Å². The first-order valence-corrected chi connectivity index (χ1v) is 19.6. The van der Waals surface area contributed by atoms with Gasteiger partial charge in [0, 0.05) is 30.7 Å². The predicted molar refractivity (Wildman–Crippen MR) is 208 cm³/mol. The number of rotatable bonds is 9. The van der Waals surface area contributed by atoms with E-state index < -0.39 is 107 Å². The molecule has 2 bridgehead atoms. The van der Waals surface area contributed by atoms with Gasteiger partial charge >= 0.3 is 17.9 Å². The Morgan fingerprint density at radius 1 is 0.864 bits per heavy atom. The first-order chi connectivity index (χ1) is 27.9. The van der Waals surface area contributed by atoms with E-state index in [4.69, 9.17) is 18.9 Å².